The molecule has 0 aliphatic carbocycles. The highest BCUT2D eigenvalue weighted by Crippen LogP contribution is 2.39. The molecule has 13 heteroatoms. The third kappa shape index (κ3) is 6.28. The Morgan fingerprint density at radius 2 is 1.86 bits per heavy atom. The van der Waals surface area contributed by atoms with Crippen LogP contribution in [0.15, 0.2) is 30.3 Å². The van der Waals surface area contributed by atoms with Crippen LogP contribution in [0.5, 0.6) is 5.88 Å². The zero-order valence-electron chi connectivity index (χ0n) is 24.8. The Balaban J connectivity index is 1.38. The van der Waals surface area contributed by atoms with Crippen LogP contribution in [0.2, 0.25) is 30.7 Å². The molecular weight excluding hydrogens is 592 g/mol. The van der Waals surface area contributed by atoms with Crippen LogP contribution < -0.4 is 15.4 Å². The molecule has 0 radical (unpaired) electrons. The predicted molar refractivity (Wildman–Crippen MR) is 166 cm³/mol. The number of rotatable bonds is 10. The maximum absolute atomic E-state index is 13.0. The number of aliphatic hydroxyl groups excluding tert-OH is 1. The number of carbonyl (C=O) groups excluding carboxylic acids is 1. The van der Waals surface area contributed by atoms with Gasteiger partial charge in [-0.05, 0) is 18.2 Å². The number of amides is 1. The van der Waals surface area contributed by atoms with Crippen molar-refractivity contribution >= 4 is 42.3 Å². The fourth-order valence-electron chi connectivity index (χ4n) is 5.78. The molecule has 4 atom stereocenters. The highest BCUT2D eigenvalue weighted by molar-refractivity contribution is 6.76. The smallest absolute Gasteiger partial charge is 0.252 e. The van der Waals surface area contributed by atoms with Crippen molar-refractivity contribution in [2.45, 2.75) is 56.8 Å². The molecule has 0 unspecified atom stereocenters. The van der Waals surface area contributed by atoms with Gasteiger partial charge in [0.05, 0.1) is 53.7 Å². The maximum atomic E-state index is 13.0. The van der Waals surface area contributed by atoms with E-state index in [2.05, 4.69) is 24.5 Å². The van der Waals surface area contributed by atoms with E-state index in [1.807, 2.05) is 24.3 Å². The van der Waals surface area contributed by atoms with Crippen LogP contribution >= 0.6 is 11.6 Å². The topological polar surface area (TPSA) is 131 Å². The van der Waals surface area contributed by atoms with Crippen LogP contribution in [-0.4, -0.2) is 99.2 Å². The second-order valence-corrected chi connectivity index (χ2v) is 18.5. The summed E-state index contributed by atoms with van der Waals surface area (Å²) < 4.78 is 31.3. The molecule has 0 saturated carbocycles. The summed E-state index contributed by atoms with van der Waals surface area (Å²) in [7, 11) is -1.33. The van der Waals surface area contributed by atoms with Gasteiger partial charge in [0.15, 0.2) is 12.0 Å². The van der Waals surface area contributed by atoms with Crippen LogP contribution in [0.3, 0.4) is 0 Å². The Morgan fingerprint density at radius 1 is 1.14 bits per heavy atom. The number of ether oxygens (including phenoxy) is 5. The number of aromatic nitrogens is 2. The van der Waals surface area contributed by atoms with Crippen molar-refractivity contribution in [2.75, 3.05) is 51.0 Å². The van der Waals surface area contributed by atoms with Gasteiger partial charge in [0, 0.05) is 45.1 Å². The summed E-state index contributed by atoms with van der Waals surface area (Å²) in [5.41, 5.74) is 9.33. The third-order valence-corrected chi connectivity index (χ3v) is 10.2. The van der Waals surface area contributed by atoms with Crippen LogP contribution in [0.25, 0.3) is 22.3 Å². The number of carbonyl (C=O) groups is 1. The second kappa shape index (κ2) is 12.4. The third-order valence-electron chi connectivity index (χ3n) is 8.17. The Kier molecular flexibility index (Phi) is 8.71. The summed E-state index contributed by atoms with van der Waals surface area (Å²) in [4.78, 5) is 20.1. The summed E-state index contributed by atoms with van der Waals surface area (Å²) >= 11 is 6.92. The van der Waals surface area contributed by atoms with Crippen molar-refractivity contribution in [1.29, 1.82) is 0 Å². The van der Waals surface area contributed by atoms with Crippen molar-refractivity contribution in [3.05, 3.63) is 40.9 Å². The quantitative estimate of drug-likeness (QED) is 0.255. The van der Waals surface area contributed by atoms with Gasteiger partial charge in [-0.3, -0.25) is 9.36 Å². The first-order chi connectivity index (χ1) is 20.6. The number of nitrogens with two attached hydrogens (primary N) is 1. The highest BCUT2D eigenvalue weighted by Gasteiger charge is 2.48. The molecule has 11 nitrogen and oxygen atoms in total. The average molecular weight is 631 g/mol. The zero-order chi connectivity index (χ0) is 30.3. The number of primary amides is 1. The van der Waals surface area contributed by atoms with Gasteiger partial charge in [-0.15, -0.1) is 0 Å². The first kappa shape index (κ1) is 30.3. The maximum Gasteiger partial charge on any atom is 0.252 e. The number of halogens is 1. The number of anilines is 1. The summed E-state index contributed by atoms with van der Waals surface area (Å²) in [6.45, 7) is 11.0. The number of hydrogen-bond acceptors (Lipinski definition) is 9. The van der Waals surface area contributed by atoms with Gasteiger partial charge in [0.25, 0.3) is 5.91 Å². The van der Waals surface area contributed by atoms with Gasteiger partial charge < -0.3 is 39.4 Å². The number of pyridine rings is 1. The molecule has 3 saturated heterocycles. The van der Waals surface area contributed by atoms with Crippen LogP contribution in [-0.2, 0) is 25.7 Å². The first-order valence-electron chi connectivity index (χ1n) is 14.7. The monoisotopic (exact) mass is 630 g/mol. The van der Waals surface area contributed by atoms with Crippen LogP contribution in [0.4, 0.5) is 5.69 Å². The molecule has 5 heterocycles. The SMILES string of the molecule is C[Si](C)(C)CCOCn1c(O[C@@H]2CO[C@H]3[C@@H]2OC[C@H]3O)cc2nc(-c3ccc(N4CCOCC4)cc3)c(Cl)c(C(N)=O)c21. The number of nitrogens with zero attached hydrogens (tertiary/aromatic N) is 3. The molecule has 3 aliphatic rings. The van der Waals surface area contributed by atoms with Gasteiger partial charge >= 0.3 is 0 Å². The van der Waals surface area contributed by atoms with Gasteiger partial charge in [0.2, 0.25) is 0 Å². The van der Waals surface area contributed by atoms with E-state index in [0.717, 1.165) is 30.4 Å². The molecule has 43 heavy (non-hydrogen) atoms. The molecule has 3 N–H and O–H groups in total. The summed E-state index contributed by atoms with van der Waals surface area (Å²) in [5.74, 6) is -0.253. The van der Waals surface area contributed by atoms with E-state index in [0.29, 0.717) is 42.4 Å². The predicted octanol–water partition coefficient (Wildman–Crippen LogP) is 3.51. The molecule has 1 aromatic carbocycles. The van der Waals surface area contributed by atoms with Crippen molar-refractivity contribution in [3.8, 4) is 17.1 Å². The van der Waals surface area contributed by atoms with Crippen molar-refractivity contribution in [3.63, 3.8) is 0 Å². The Labute approximate surface area is 256 Å². The number of benzene rings is 1. The molecule has 6 rings (SSSR count). The highest BCUT2D eigenvalue weighted by atomic mass is 35.5. The van der Waals surface area contributed by atoms with Gasteiger partial charge in [-0.25, -0.2) is 4.98 Å². The summed E-state index contributed by atoms with van der Waals surface area (Å²) in [6, 6.07) is 10.7. The molecule has 2 aromatic heterocycles. The Hall–Kier alpha value is -2.71. The number of hydrogen-bond donors (Lipinski definition) is 2. The van der Waals surface area contributed by atoms with E-state index in [4.69, 9.17) is 46.0 Å². The Morgan fingerprint density at radius 3 is 2.56 bits per heavy atom. The van der Waals surface area contributed by atoms with E-state index in [1.165, 1.54) is 0 Å². The molecule has 1 amide bonds. The van der Waals surface area contributed by atoms with Crippen molar-refractivity contribution in [2.24, 2.45) is 5.73 Å². The largest absolute Gasteiger partial charge is 0.470 e. The fourth-order valence-corrected chi connectivity index (χ4v) is 6.87. The summed E-state index contributed by atoms with van der Waals surface area (Å²) in [5, 5.41) is 10.4. The lowest BCUT2D eigenvalue weighted by atomic mass is 10.1. The molecule has 3 fully saturated rings. The number of morpholine rings is 1. The zero-order valence-corrected chi connectivity index (χ0v) is 26.5. The standard InChI is InChI=1S/C30H39ClN4O7Si/c1-43(2,3)13-12-39-17-35-23(42-22-16-41-28-21(36)15-40-29(22)28)14-20-27(35)24(30(32)37)25(31)26(33-20)18-4-6-19(7-5-18)34-8-10-38-11-9-34/h4-7,14,21-22,28-29,36H,8-13,15-17H2,1-3H3,(H2,32,37)/t21-,22-,28-,29-/m1/s1. The minimum absolute atomic E-state index is 0.111. The first-order valence-corrected chi connectivity index (χ1v) is 18.8. The number of fused-ring (bicyclic) bond motifs is 2. The van der Waals surface area contributed by atoms with E-state index in [-0.39, 0.29) is 30.5 Å². The van der Waals surface area contributed by atoms with Crippen LogP contribution in [0, 0.1) is 0 Å². The normalized spacial score (nSPS) is 24.1. The molecule has 3 aliphatic heterocycles. The second-order valence-electron chi connectivity index (χ2n) is 12.5. The van der Waals surface area contributed by atoms with Crippen molar-refractivity contribution in [1.82, 2.24) is 9.55 Å². The van der Waals surface area contributed by atoms with E-state index in [9.17, 15) is 9.90 Å². The Bertz CT molecular complexity index is 1470. The van der Waals surface area contributed by atoms with Crippen LogP contribution in [0.1, 0.15) is 10.4 Å². The fraction of sp³-hybridized carbons (Fsp3) is 0.533. The lowest BCUT2D eigenvalue weighted by Crippen LogP contribution is -2.36. The van der Waals surface area contributed by atoms with E-state index >= 15 is 0 Å². The molecule has 3 aromatic rings. The van der Waals surface area contributed by atoms with Gasteiger partial charge in [0.1, 0.15) is 25.0 Å². The molecular formula is C30H39ClN4O7Si. The molecule has 232 valence electrons. The molecule has 0 spiro atoms. The summed E-state index contributed by atoms with van der Waals surface area (Å²) in [6.07, 6.45) is -2.03. The van der Waals surface area contributed by atoms with Gasteiger partial charge in [-0.1, -0.05) is 43.4 Å². The van der Waals surface area contributed by atoms with E-state index in [1.54, 1.807) is 10.6 Å². The lowest BCUT2D eigenvalue weighted by molar-refractivity contribution is 0.00478. The minimum Gasteiger partial charge on any atom is -0.470 e. The van der Waals surface area contributed by atoms with Gasteiger partial charge in [-0.2, -0.15) is 0 Å². The molecule has 0 bridgehead atoms. The lowest BCUT2D eigenvalue weighted by Gasteiger charge is -2.28. The van der Waals surface area contributed by atoms with E-state index < -0.39 is 38.4 Å². The number of aliphatic hydroxyl groups is 1. The van der Waals surface area contributed by atoms with Crippen molar-refractivity contribution < 1.29 is 33.6 Å². The minimum atomic E-state index is -1.33. The average Bonchev–Trinajstić information content (AvgIpc) is 3.66.